The molecule has 0 saturated heterocycles. The van der Waals surface area contributed by atoms with Gasteiger partial charge in [-0.3, -0.25) is 14.9 Å². The van der Waals surface area contributed by atoms with Gasteiger partial charge in [0.2, 0.25) is 17.6 Å². The number of anilines is 1. The highest BCUT2D eigenvalue weighted by molar-refractivity contribution is 7.91. The van der Waals surface area contributed by atoms with E-state index < -0.39 is 27.3 Å². The van der Waals surface area contributed by atoms with E-state index in [4.69, 9.17) is 11.6 Å². The molecule has 37 heavy (non-hydrogen) atoms. The van der Waals surface area contributed by atoms with Crippen LogP contribution in [-0.2, 0) is 21.1 Å². The maximum Gasteiger partial charge on any atom is 0.231 e. The number of sulfone groups is 1. The maximum atomic E-state index is 13.8. The molecule has 188 valence electrons. The first-order valence-corrected chi connectivity index (χ1v) is 13.2. The summed E-state index contributed by atoms with van der Waals surface area (Å²) in [5.74, 6) is -1.73. The average molecular weight is 538 g/mol. The number of carbonyl (C=O) groups excluding carboxylic acids is 2. The van der Waals surface area contributed by atoms with E-state index in [1.54, 1.807) is 43.3 Å². The number of halogens is 2. The average Bonchev–Trinajstić information content (AvgIpc) is 2.88. The van der Waals surface area contributed by atoms with Crippen molar-refractivity contribution >= 4 is 39.1 Å². The second kappa shape index (κ2) is 11.0. The van der Waals surface area contributed by atoms with Crippen LogP contribution in [0.5, 0.6) is 0 Å². The highest BCUT2D eigenvalue weighted by Crippen LogP contribution is 2.27. The largest absolute Gasteiger partial charge is 0.294 e. The van der Waals surface area contributed by atoms with E-state index >= 15 is 0 Å². The third-order valence-corrected chi connectivity index (χ3v) is 7.49. The SMILES string of the molecule is CCS(=O)(=O)c1ccc(CC(=O)Nc2ncc(-c3cccc(Cl)c3)c(C(=O)c3cccc(F)c3)n2)cc1. The quantitative estimate of drug-likeness (QED) is 0.312. The molecule has 1 aromatic heterocycles. The molecule has 0 bridgehead atoms. The van der Waals surface area contributed by atoms with Gasteiger partial charge in [0.15, 0.2) is 9.84 Å². The zero-order valence-electron chi connectivity index (χ0n) is 19.6. The minimum absolute atomic E-state index is 0.0218. The van der Waals surface area contributed by atoms with Gasteiger partial charge in [-0.25, -0.2) is 22.8 Å². The van der Waals surface area contributed by atoms with E-state index in [0.29, 0.717) is 21.7 Å². The number of hydrogen-bond acceptors (Lipinski definition) is 6. The van der Waals surface area contributed by atoms with Crippen molar-refractivity contribution in [3.05, 3.63) is 107 Å². The molecule has 1 N–H and O–H groups in total. The lowest BCUT2D eigenvalue weighted by molar-refractivity contribution is -0.115. The number of nitrogens with one attached hydrogen (secondary N) is 1. The second-order valence-electron chi connectivity index (χ2n) is 8.08. The van der Waals surface area contributed by atoms with Crippen LogP contribution in [0.2, 0.25) is 5.02 Å². The fourth-order valence-electron chi connectivity index (χ4n) is 3.58. The van der Waals surface area contributed by atoms with E-state index in [1.165, 1.54) is 36.5 Å². The fourth-order valence-corrected chi connectivity index (χ4v) is 4.66. The summed E-state index contributed by atoms with van der Waals surface area (Å²) in [5, 5.41) is 3.00. The van der Waals surface area contributed by atoms with Gasteiger partial charge in [-0.2, -0.15) is 0 Å². The molecule has 0 radical (unpaired) electrons. The molecule has 0 spiro atoms. The molecule has 0 atom stereocenters. The number of nitrogens with zero attached hydrogens (tertiary/aromatic N) is 2. The summed E-state index contributed by atoms with van der Waals surface area (Å²) < 4.78 is 37.8. The summed E-state index contributed by atoms with van der Waals surface area (Å²) in [5.41, 5.74) is 1.57. The maximum absolute atomic E-state index is 13.8. The van der Waals surface area contributed by atoms with Gasteiger partial charge in [0, 0.05) is 22.3 Å². The Morgan fingerprint density at radius 2 is 1.73 bits per heavy atom. The predicted molar refractivity (Wildman–Crippen MR) is 139 cm³/mol. The van der Waals surface area contributed by atoms with Crippen LogP contribution in [0.15, 0.2) is 83.9 Å². The van der Waals surface area contributed by atoms with Crippen LogP contribution in [0.3, 0.4) is 0 Å². The van der Waals surface area contributed by atoms with Crippen LogP contribution < -0.4 is 5.32 Å². The van der Waals surface area contributed by atoms with E-state index in [-0.39, 0.29) is 34.3 Å². The molecule has 0 fully saturated rings. The van der Waals surface area contributed by atoms with Gasteiger partial charge in [0.25, 0.3) is 0 Å². The molecule has 3 aromatic carbocycles. The molecular weight excluding hydrogens is 517 g/mol. The van der Waals surface area contributed by atoms with Crippen molar-refractivity contribution < 1.29 is 22.4 Å². The molecule has 1 heterocycles. The van der Waals surface area contributed by atoms with E-state index in [9.17, 15) is 22.4 Å². The number of carbonyl (C=O) groups is 2. The molecule has 0 saturated carbocycles. The van der Waals surface area contributed by atoms with Crippen LogP contribution in [0.4, 0.5) is 10.3 Å². The van der Waals surface area contributed by atoms with Crippen molar-refractivity contribution in [1.29, 1.82) is 0 Å². The Bertz CT molecular complexity index is 1590. The van der Waals surface area contributed by atoms with Crippen molar-refractivity contribution in [2.45, 2.75) is 18.2 Å². The highest BCUT2D eigenvalue weighted by atomic mass is 35.5. The minimum atomic E-state index is -3.34. The molecule has 10 heteroatoms. The van der Waals surface area contributed by atoms with E-state index in [0.717, 1.165) is 6.07 Å². The molecule has 1 amide bonds. The molecule has 0 aliphatic rings. The number of benzene rings is 3. The first kappa shape index (κ1) is 26.1. The smallest absolute Gasteiger partial charge is 0.231 e. The third-order valence-electron chi connectivity index (χ3n) is 5.50. The molecule has 0 aliphatic heterocycles. The molecule has 7 nitrogen and oxygen atoms in total. The Morgan fingerprint density at radius 1 is 1.00 bits per heavy atom. The number of rotatable bonds is 8. The van der Waals surface area contributed by atoms with Crippen LogP contribution in [0, 0.1) is 5.82 Å². The zero-order valence-corrected chi connectivity index (χ0v) is 21.2. The molecule has 4 rings (SSSR count). The normalized spacial score (nSPS) is 11.2. The van der Waals surface area contributed by atoms with Gasteiger partial charge in [-0.1, -0.05) is 54.9 Å². The lowest BCUT2D eigenvalue weighted by atomic mass is 9.99. The van der Waals surface area contributed by atoms with Gasteiger partial charge in [-0.15, -0.1) is 0 Å². The Hall–Kier alpha value is -3.95. The minimum Gasteiger partial charge on any atom is -0.294 e. The molecular formula is C27H21ClFN3O4S. The van der Waals surface area contributed by atoms with Crippen molar-refractivity contribution in [3.8, 4) is 11.1 Å². The fraction of sp³-hybridized carbons (Fsp3) is 0.111. The first-order chi connectivity index (χ1) is 17.7. The second-order valence-corrected chi connectivity index (χ2v) is 10.8. The van der Waals surface area contributed by atoms with Gasteiger partial charge < -0.3 is 0 Å². The van der Waals surface area contributed by atoms with Crippen molar-refractivity contribution in [3.63, 3.8) is 0 Å². The zero-order chi connectivity index (χ0) is 26.6. The summed E-state index contributed by atoms with van der Waals surface area (Å²) in [6, 6.07) is 18.0. The summed E-state index contributed by atoms with van der Waals surface area (Å²) in [6.07, 6.45) is 1.32. The molecule has 0 aliphatic carbocycles. The lowest BCUT2D eigenvalue weighted by Crippen LogP contribution is -2.18. The van der Waals surface area contributed by atoms with Gasteiger partial charge in [-0.05, 0) is 47.5 Å². The lowest BCUT2D eigenvalue weighted by Gasteiger charge is -2.11. The Labute approximate surface area is 218 Å². The Balaban J connectivity index is 1.62. The van der Waals surface area contributed by atoms with Gasteiger partial charge >= 0.3 is 0 Å². The number of ketones is 1. The predicted octanol–water partition coefficient (Wildman–Crippen LogP) is 5.14. The number of aromatic nitrogens is 2. The molecule has 0 unspecified atom stereocenters. The van der Waals surface area contributed by atoms with Crippen LogP contribution in [-0.4, -0.2) is 35.8 Å². The summed E-state index contributed by atoms with van der Waals surface area (Å²) >= 11 is 6.12. The highest BCUT2D eigenvalue weighted by Gasteiger charge is 2.20. The summed E-state index contributed by atoms with van der Waals surface area (Å²) in [4.78, 5) is 34.6. The van der Waals surface area contributed by atoms with Crippen molar-refractivity contribution in [2.24, 2.45) is 0 Å². The molecule has 4 aromatic rings. The monoisotopic (exact) mass is 537 g/mol. The topological polar surface area (TPSA) is 106 Å². The number of hydrogen-bond donors (Lipinski definition) is 1. The summed E-state index contributed by atoms with van der Waals surface area (Å²) in [6.45, 7) is 1.56. The first-order valence-electron chi connectivity index (χ1n) is 11.2. The van der Waals surface area contributed by atoms with Crippen LogP contribution >= 0.6 is 11.6 Å². The van der Waals surface area contributed by atoms with E-state index in [1.807, 2.05) is 0 Å². The van der Waals surface area contributed by atoms with Gasteiger partial charge in [0.1, 0.15) is 11.5 Å². The van der Waals surface area contributed by atoms with E-state index in [2.05, 4.69) is 15.3 Å². The van der Waals surface area contributed by atoms with Crippen LogP contribution in [0.1, 0.15) is 28.5 Å². The van der Waals surface area contributed by atoms with Crippen molar-refractivity contribution in [1.82, 2.24) is 9.97 Å². The van der Waals surface area contributed by atoms with Gasteiger partial charge in [0.05, 0.1) is 17.1 Å². The third kappa shape index (κ3) is 6.25. The summed E-state index contributed by atoms with van der Waals surface area (Å²) in [7, 11) is -3.34. The Morgan fingerprint density at radius 3 is 2.41 bits per heavy atom. The number of amides is 1. The van der Waals surface area contributed by atoms with Crippen LogP contribution in [0.25, 0.3) is 11.1 Å². The Kier molecular flexibility index (Phi) is 7.75. The standard InChI is InChI=1S/C27H21ClFN3O4S/c1-2-37(35,36)22-11-9-17(10-12-22)13-24(33)31-27-30-16-23(18-5-3-7-20(28)14-18)25(32-27)26(34)19-6-4-8-21(29)15-19/h3-12,14-16H,2,13H2,1H3,(H,30,31,32,33). The van der Waals surface area contributed by atoms with Crippen molar-refractivity contribution in [2.75, 3.05) is 11.1 Å².